The van der Waals surface area contributed by atoms with Crippen LogP contribution in [-0.2, 0) is 11.3 Å². The van der Waals surface area contributed by atoms with Crippen LogP contribution in [-0.4, -0.2) is 35.2 Å². The van der Waals surface area contributed by atoms with Gasteiger partial charge in [-0.1, -0.05) is 30.3 Å². The molecular formula is C18H28N2O2. The number of hydrogen-bond donors (Lipinski definition) is 1. The Morgan fingerprint density at radius 2 is 1.95 bits per heavy atom. The van der Waals surface area contributed by atoms with Gasteiger partial charge in [-0.05, 0) is 46.1 Å². The molecule has 22 heavy (non-hydrogen) atoms. The number of benzene rings is 1. The van der Waals surface area contributed by atoms with E-state index in [4.69, 9.17) is 4.74 Å². The Labute approximate surface area is 133 Å². The lowest BCUT2D eigenvalue weighted by atomic mass is 9.98. The van der Waals surface area contributed by atoms with Gasteiger partial charge in [-0.25, -0.2) is 4.79 Å². The number of nitrogens with zero attached hydrogens (tertiary/aromatic N) is 1. The third-order valence-corrected chi connectivity index (χ3v) is 3.96. The lowest BCUT2D eigenvalue weighted by Gasteiger charge is -2.38. The fourth-order valence-electron chi connectivity index (χ4n) is 2.81. The van der Waals surface area contributed by atoms with Crippen molar-refractivity contribution in [1.82, 2.24) is 10.2 Å². The van der Waals surface area contributed by atoms with Gasteiger partial charge in [-0.15, -0.1) is 0 Å². The monoisotopic (exact) mass is 304 g/mol. The quantitative estimate of drug-likeness (QED) is 0.928. The zero-order valence-corrected chi connectivity index (χ0v) is 14.1. The fourth-order valence-corrected chi connectivity index (χ4v) is 2.81. The van der Waals surface area contributed by atoms with Crippen molar-refractivity contribution in [1.29, 1.82) is 0 Å². The molecule has 0 aromatic heterocycles. The smallest absolute Gasteiger partial charge is 0.407 e. The van der Waals surface area contributed by atoms with Crippen LogP contribution >= 0.6 is 0 Å². The number of likely N-dealkylation sites (tertiary alicyclic amines) is 1. The van der Waals surface area contributed by atoms with Crippen molar-refractivity contribution in [2.75, 3.05) is 6.54 Å². The van der Waals surface area contributed by atoms with Gasteiger partial charge in [0.2, 0.25) is 0 Å². The minimum atomic E-state index is -0.449. The molecule has 0 saturated carbocycles. The molecule has 1 aromatic rings. The van der Waals surface area contributed by atoms with Gasteiger partial charge in [-0.3, -0.25) is 4.90 Å². The minimum absolute atomic E-state index is 0.162. The lowest BCUT2D eigenvalue weighted by molar-refractivity contribution is 0.0443. The first-order valence-corrected chi connectivity index (χ1v) is 8.11. The van der Waals surface area contributed by atoms with Crippen molar-refractivity contribution < 1.29 is 9.53 Å². The van der Waals surface area contributed by atoms with Gasteiger partial charge in [0.15, 0.2) is 0 Å². The molecule has 4 heteroatoms. The van der Waals surface area contributed by atoms with Crippen molar-refractivity contribution in [2.24, 2.45) is 0 Å². The maximum Gasteiger partial charge on any atom is 0.407 e. The number of ether oxygens (including phenoxy) is 1. The fraction of sp³-hybridized carbons (Fsp3) is 0.611. The van der Waals surface area contributed by atoms with Gasteiger partial charge in [-0.2, -0.15) is 0 Å². The Kier molecular flexibility index (Phi) is 5.46. The van der Waals surface area contributed by atoms with E-state index < -0.39 is 5.60 Å². The second-order valence-electron chi connectivity index (χ2n) is 7.18. The summed E-state index contributed by atoms with van der Waals surface area (Å²) in [4.78, 5) is 14.4. The Hall–Kier alpha value is -1.55. The average Bonchev–Trinajstić information content (AvgIpc) is 2.41. The van der Waals surface area contributed by atoms with Crippen LogP contribution in [0, 0.1) is 0 Å². The van der Waals surface area contributed by atoms with E-state index in [2.05, 4.69) is 41.4 Å². The topological polar surface area (TPSA) is 41.6 Å². The predicted octanol–water partition coefficient (Wildman–Crippen LogP) is 3.56. The van der Waals surface area contributed by atoms with Gasteiger partial charge >= 0.3 is 6.09 Å². The normalized spacial score (nSPS) is 23.1. The highest BCUT2D eigenvalue weighted by Crippen LogP contribution is 2.20. The Morgan fingerprint density at radius 3 is 2.59 bits per heavy atom. The highest BCUT2D eigenvalue weighted by molar-refractivity contribution is 5.68. The van der Waals surface area contributed by atoms with Gasteiger partial charge in [0, 0.05) is 25.2 Å². The van der Waals surface area contributed by atoms with Gasteiger partial charge < -0.3 is 10.1 Å². The van der Waals surface area contributed by atoms with Crippen molar-refractivity contribution >= 4 is 6.09 Å². The van der Waals surface area contributed by atoms with E-state index in [1.54, 1.807) is 0 Å². The van der Waals surface area contributed by atoms with E-state index in [9.17, 15) is 4.79 Å². The van der Waals surface area contributed by atoms with Crippen LogP contribution in [0.1, 0.15) is 46.1 Å². The molecular weight excluding hydrogens is 276 g/mol. The third-order valence-electron chi connectivity index (χ3n) is 3.96. The molecule has 1 aliphatic rings. The molecule has 1 amide bonds. The van der Waals surface area contributed by atoms with Gasteiger partial charge in [0.05, 0.1) is 0 Å². The van der Waals surface area contributed by atoms with Crippen molar-refractivity contribution in [3.8, 4) is 0 Å². The highest BCUT2D eigenvalue weighted by atomic mass is 16.6. The number of hydrogen-bond acceptors (Lipinski definition) is 3. The number of alkyl carbamates (subject to hydrolysis) is 1. The number of nitrogens with one attached hydrogen (secondary N) is 1. The third kappa shape index (κ3) is 5.34. The summed E-state index contributed by atoms with van der Waals surface area (Å²) in [6.07, 6.45) is 1.78. The average molecular weight is 304 g/mol. The number of piperidine rings is 1. The Bertz CT molecular complexity index is 482. The number of carbonyl (C=O) groups is 1. The molecule has 0 unspecified atom stereocenters. The molecule has 1 fully saturated rings. The first kappa shape index (κ1) is 16.8. The van der Waals surface area contributed by atoms with Crippen molar-refractivity contribution in [3.05, 3.63) is 35.9 Å². The van der Waals surface area contributed by atoms with Crippen LogP contribution < -0.4 is 5.32 Å². The molecule has 1 aliphatic heterocycles. The molecule has 4 nitrogen and oxygen atoms in total. The van der Waals surface area contributed by atoms with Crippen molar-refractivity contribution in [2.45, 2.75) is 64.8 Å². The summed E-state index contributed by atoms with van der Waals surface area (Å²) >= 11 is 0. The zero-order valence-electron chi connectivity index (χ0n) is 14.1. The molecule has 0 bridgehead atoms. The second-order valence-corrected chi connectivity index (χ2v) is 7.18. The van der Waals surface area contributed by atoms with Crippen LogP contribution in [0.5, 0.6) is 0 Å². The summed E-state index contributed by atoms with van der Waals surface area (Å²) in [5, 5.41) is 3.01. The summed E-state index contributed by atoms with van der Waals surface area (Å²) in [6, 6.07) is 11.2. The molecule has 2 rings (SSSR count). The molecule has 2 atom stereocenters. The van der Waals surface area contributed by atoms with E-state index in [-0.39, 0.29) is 12.1 Å². The number of carbonyl (C=O) groups excluding carboxylic acids is 1. The molecule has 0 radical (unpaired) electrons. The highest BCUT2D eigenvalue weighted by Gasteiger charge is 2.27. The van der Waals surface area contributed by atoms with Gasteiger partial charge in [0.1, 0.15) is 5.60 Å². The Morgan fingerprint density at radius 1 is 1.27 bits per heavy atom. The minimum Gasteiger partial charge on any atom is -0.444 e. The van der Waals surface area contributed by atoms with Crippen LogP contribution in [0.3, 0.4) is 0 Å². The first-order valence-electron chi connectivity index (χ1n) is 8.11. The van der Waals surface area contributed by atoms with Gasteiger partial charge in [0.25, 0.3) is 0 Å². The van der Waals surface area contributed by atoms with Crippen LogP contribution in [0.25, 0.3) is 0 Å². The maximum absolute atomic E-state index is 11.9. The second kappa shape index (κ2) is 7.14. The van der Waals surface area contributed by atoms with Crippen LogP contribution in [0.4, 0.5) is 4.79 Å². The largest absolute Gasteiger partial charge is 0.444 e. The standard InChI is InChI=1S/C18H28N2O2/c1-14-10-11-16(19-17(21)22-18(2,3)4)13-20(14)12-15-8-6-5-7-9-15/h5-9,14,16H,10-13H2,1-4H3,(H,19,21)/t14-,16+/m0/s1. The zero-order chi connectivity index (χ0) is 16.2. The number of amides is 1. The molecule has 0 aliphatic carbocycles. The van der Waals surface area contributed by atoms with Crippen LogP contribution in [0.15, 0.2) is 30.3 Å². The molecule has 0 spiro atoms. The lowest BCUT2D eigenvalue weighted by Crippen LogP contribution is -2.51. The van der Waals surface area contributed by atoms with E-state index in [0.717, 1.165) is 25.9 Å². The summed E-state index contributed by atoms with van der Waals surface area (Å²) in [5.41, 5.74) is 0.864. The molecule has 122 valence electrons. The molecule has 1 aromatic carbocycles. The molecule has 1 saturated heterocycles. The van der Waals surface area contributed by atoms with E-state index in [1.165, 1.54) is 5.56 Å². The Balaban J connectivity index is 1.89. The van der Waals surface area contributed by atoms with E-state index in [1.807, 2.05) is 26.8 Å². The number of rotatable bonds is 3. The maximum atomic E-state index is 11.9. The van der Waals surface area contributed by atoms with E-state index in [0.29, 0.717) is 6.04 Å². The molecule has 1 heterocycles. The van der Waals surface area contributed by atoms with E-state index >= 15 is 0 Å². The first-order chi connectivity index (χ1) is 10.3. The van der Waals surface area contributed by atoms with Crippen LogP contribution in [0.2, 0.25) is 0 Å². The summed E-state index contributed by atoms with van der Waals surface area (Å²) < 4.78 is 5.35. The predicted molar refractivity (Wildman–Crippen MR) is 88.7 cm³/mol. The summed E-state index contributed by atoms with van der Waals surface area (Å²) in [7, 11) is 0. The summed E-state index contributed by atoms with van der Waals surface area (Å²) in [6.45, 7) is 9.71. The summed E-state index contributed by atoms with van der Waals surface area (Å²) in [5.74, 6) is 0. The SMILES string of the molecule is C[C@H]1CC[C@@H](NC(=O)OC(C)(C)C)CN1Cc1ccccc1. The molecule has 1 N–H and O–H groups in total. The van der Waals surface area contributed by atoms with Crippen molar-refractivity contribution in [3.63, 3.8) is 0 Å².